The van der Waals surface area contributed by atoms with Gasteiger partial charge in [0.05, 0.1) is 10.0 Å². The van der Waals surface area contributed by atoms with E-state index in [0.717, 1.165) is 0 Å². The third-order valence-electron chi connectivity index (χ3n) is 2.02. The Balaban J connectivity index is 0.00000289. The molecule has 0 saturated carbocycles. The molecule has 0 aliphatic heterocycles. The fourth-order valence-electron chi connectivity index (χ4n) is 1.09. The number of carbonyl (C=O) groups excluding carboxylic acids is 1. The molecule has 1 amide bonds. The van der Waals surface area contributed by atoms with Gasteiger partial charge in [-0.05, 0) is 19.1 Å². The second-order valence-electron chi connectivity index (χ2n) is 3.57. The Morgan fingerprint density at radius 1 is 1.44 bits per heavy atom. The number of ether oxygens (including phenoxy) is 1. The van der Waals surface area contributed by atoms with E-state index in [0.29, 0.717) is 22.3 Å². The van der Waals surface area contributed by atoms with Gasteiger partial charge in [-0.2, -0.15) is 0 Å². The van der Waals surface area contributed by atoms with Gasteiger partial charge in [-0.1, -0.05) is 23.2 Å². The lowest BCUT2D eigenvalue weighted by molar-refractivity contribution is -0.123. The van der Waals surface area contributed by atoms with Crippen molar-refractivity contribution >= 4 is 41.5 Å². The van der Waals surface area contributed by atoms with Crippen LogP contribution in [0.5, 0.6) is 5.75 Å². The van der Waals surface area contributed by atoms with E-state index in [1.807, 2.05) is 6.92 Å². The minimum atomic E-state index is -0.228. The fraction of sp³-hybridized carbons (Fsp3) is 0.364. The lowest BCUT2D eigenvalue weighted by Crippen LogP contribution is -2.40. The summed E-state index contributed by atoms with van der Waals surface area (Å²) < 4.78 is 5.25. The monoisotopic (exact) mass is 312 g/mol. The summed E-state index contributed by atoms with van der Waals surface area (Å²) in [4.78, 5) is 11.4. The molecule has 1 atom stereocenters. The predicted molar refractivity (Wildman–Crippen MR) is 75.9 cm³/mol. The molecule has 18 heavy (non-hydrogen) atoms. The smallest absolute Gasteiger partial charge is 0.258 e. The number of rotatable bonds is 5. The summed E-state index contributed by atoms with van der Waals surface area (Å²) in [7, 11) is 0. The molecule has 1 rings (SSSR count). The Labute approximate surface area is 122 Å². The number of halogens is 3. The van der Waals surface area contributed by atoms with Crippen molar-refractivity contribution in [3.8, 4) is 5.75 Å². The van der Waals surface area contributed by atoms with Crippen molar-refractivity contribution in [3.05, 3.63) is 28.2 Å². The van der Waals surface area contributed by atoms with E-state index in [9.17, 15) is 4.79 Å². The summed E-state index contributed by atoms with van der Waals surface area (Å²) in [6, 6.07) is 4.75. The maximum atomic E-state index is 11.4. The Kier molecular flexibility index (Phi) is 8.11. The Bertz CT molecular complexity index is 402. The first kappa shape index (κ1) is 17.3. The molecule has 0 fully saturated rings. The number of amides is 1. The van der Waals surface area contributed by atoms with Crippen LogP contribution in [-0.4, -0.2) is 25.1 Å². The quantitative estimate of drug-likeness (QED) is 0.876. The maximum Gasteiger partial charge on any atom is 0.258 e. The lowest BCUT2D eigenvalue weighted by Gasteiger charge is -2.12. The van der Waals surface area contributed by atoms with E-state index in [4.69, 9.17) is 33.7 Å². The first-order valence-electron chi connectivity index (χ1n) is 5.10. The Hall–Kier alpha value is -0.680. The molecule has 102 valence electrons. The minimum absolute atomic E-state index is 0. The molecule has 7 heteroatoms. The van der Waals surface area contributed by atoms with Crippen molar-refractivity contribution in [2.24, 2.45) is 5.73 Å². The van der Waals surface area contributed by atoms with Crippen molar-refractivity contribution in [2.45, 2.75) is 13.0 Å². The molecule has 1 aromatic rings. The topological polar surface area (TPSA) is 64.3 Å². The number of nitrogens with one attached hydrogen (secondary N) is 1. The molecular formula is C11H15Cl3N2O2. The van der Waals surface area contributed by atoms with Crippen LogP contribution in [0.2, 0.25) is 10.0 Å². The van der Waals surface area contributed by atoms with Crippen LogP contribution in [-0.2, 0) is 4.79 Å². The van der Waals surface area contributed by atoms with Gasteiger partial charge >= 0.3 is 0 Å². The normalized spacial score (nSPS) is 11.3. The van der Waals surface area contributed by atoms with Crippen molar-refractivity contribution < 1.29 is 9.53 Å². The summed E-state index contributed by atoms with van der Waals surface area (Å²) in [5.74, 6) is 0.268. The van der Waals surface area contributed by atoms with Crippen LogP contribution < -0.4 is 15.8 Å². The van der Waals surface area contributed by atoms with Crippen LogP contribution in [0.3, 0.4) is 0 Å². The van der Waals surface area contributed by atoms with Gasteiger partial charge in [0.15, 0.2) is 6.61 Å². The SMILES string of the molecule is C[C@@H](CN)NC(=O)COc1ccc(Cl)c(Cl)c1.Cl. The van der Waals surface area contributed by atoms with Crippen LogP contribution in [0.15, 0.2) is 18.2 Å². The number of benzene rings is 1. The highest BCUT2D eigenvalue weighted by atomic mass is 35.5. The molecule has 3 N–H and O–H groups in total. The van der Waals surface area contributed by atoms with E-state index in [-0.39, 0.29) is 31.0 Å². The van der Waals surface area contributed by atoms with Gasteiger partial charge in [0.25, 0.3) is 5.91 Å². The highest BCUT2D eigenvalue weighted by molar-refractivity contribution is 6.42. The molecule has 0 bridgehead atoms. The van der Waals surface area contributed by atoms with Gasteiger partial charge in [-0.15, -0.1) is 12.4 Å². The molecular weight excluding hydrogens is 298 g/mol. The summed E-state index contributed by atoms with van der Waals surface area (Å²) in [5, 5.41) is 3.51. The van der Waals surface area contributed by atoms with Crippen molar-refractivity contribution in [1.29, 1.82) is 0 Å². The molecule has 4 nitrogen and oxygen atoms in total. The van der Waals surface area contributed by atoms with E-state index in [2.05, 4.69) is 5.32 Å². The predicted octanol–water partition coefficient (Wildman–Crippen LogP) is 2.26. The van der Waals surface area contributed by atoms with Crippen LogP contribution in [0, 0.1) is 0 Å². The zero-order valence-corrected chi connectivity index (χ0v) is 12.1. The third kappa shape index (κ3) is 5.78. The fourth-order valence-corrected chi connectivity index (χ4v) is 1.38. The Morgan fingerprint density at radius 2 is 2.11 bits per heavy atom. The van der Waals surface area contributed by atoms with Gasteiger partial charge in [0, 0.05) is 18.7 Å². The van der Waals surface area contributed by atoms with Gasteiger partial charge in [0.2, 0.25) is 0 Å². The average molecular weight is 314 g/mol. The first-order chi connectivity index (χ1) is 8.02. The van der Waals surface area contributed by atoms with Crippen LogP contribution in [0.25, 0.3) is 0 Å². The van der Waals surface area contributed by atoms with E-state index in [1.165, 1.54) is 0 Å². The summed E-state index contributed by atoms with van der Waals surface area (Å²) >= 11 is 11.6. The van der Waals surface area contributed by atoms with E-state index < -0.39 is 0 Å². The Morgan fingerprint density at radius 3 is 2.67 bits per heavy atom. The summed E-state index contributed by atoms with van der Waals surface area (Å²) in [6.45, 7) is 2.12. The van der Waals surface area contributed by atoms with Crippen molar-refractivity contribution in [2.75, 3.05) is 13.2 Å². The number of hydrogen-bond acceptors (Lipinski definition) is 3. The molecule has 0 unspecified atom stereocenters. The van der Waals surface area contributed by atoms with Crippen molar-refractivity contribution in [1.82, 2.24) is 5.32 Å². The zero-order valence-electron chi connectivity index (χ0n) is 9.78. The van der Waals surface area contributed by atoms with Gasteiger partial charge in [-0.25, -0.2) is 0 Å². The lowest BCUT2D eigenvalue weighted by atomic mass is 10.3. The van der Waals surface area contributed by atoms with Crippen LogP contribution >= 0.6 is 35.6 Å². The number of hydrogen-bond donors (Lipinski definition) is 2. The van der Waals surface area contributed by atoms with E-state index in [1.54, 1.807) is 18.2 Å². The summed E-state index contributed by atoms with van der Waals surface area (Å²) in [6.07, 6.45) is 0. The second kappa shape index (κ2) is 8.43. The number of nitrogens with two attached hydrogens (primary N) is 1. The molecule has 0 aliphatic carbocycles. The first-order valence-corrected chi connectivity index (χ1v) is 5.85. The standard InChI is InChI=1S/C11H14Cl2N2O2.ClH/c1-7(5-14)15-11(16)6-17-8-2-3-9(12)10(13)4-8;/h2-4,7H,5-6,14H2,1H3,(H,15,16);1H/t7-;/m0./s1. The molecule has 0 saturated heterocycles. The minimum Gasteiger partial charge on any atom is -0.484 e. The second-order valence-corrected chi connectivity index (χ2v) is 4.38. The molecule has 1 aromatic carbocycles. The zero-order chi connectivity index (χ0) is 12.8. The number of carbonyl (C=O) groups is 1. The van der Waals surface area contributed by atoms with Crippen molar-refractivity contribution in [3.63, 3.8) is 0 Å². The van der Waals surface area contributed by atoms with Crippen LogP contribution in [0.4, 0.5) is 0 Å². The van der Waals surface area contributed by atoms with Crippen LogP contribution in [0.1, 0.15) is 6.92 Å². The molecule has 0 spiro atoms. The average Bonchev–Trinajstić information content (AvgIpc) is 2.30. The van der Waals surface area contributed by atoms with Gasteiger partial charge in [-0.3, -0.25) is 4.79 Å². The highest BCUT2D eigenvalue weighted by Crippen LogP contribution is 2.26. The largest absolute Gasteiger partial charge is 0.484 e. The van der Waals surface area contributed by atoms with Gasteiger partial charge in [0.1, 0.15) is 5.75 Å². The van der Waals surface area contributed by atoms with Gasteiger partial charge < -0.3 is 15.8 Å². The van der Waals surface area contributed by atoms with E-state index >= 15 is 0 Å². The molecule has 0 aromatic heterocycles. The molecule has 0 heterocycles. The highest BCUT2D eigenvalue weighted by Gasteiger charge is 2.07. The molecule has 0 radical (unpaired) electrons. The third-order valence-corrected chi connectivity index (χ3v) is 2.76. The molecule has 0 aliphatic rings. The maximum absolute atomic E-state index is 11.4. The summed E-state index contributed by atoms with van der Waals surface area (Å²) in [5.41, 5.74) is 5.38.